The van der Waals surface area contributed by atoms with Crippen molar-refractivity contribution in [2.75, 3.05) is 5.32 Å². The maximum atomic E-state index is 13.2. The number of rotatable bonds is 3. The topological polar surface area (TPSA) is 79.3 Å². The number of thiazole rings is 1. The number of benzene rings is 2. The zero-order chi connectivity index (χ0) is 17.4. The van der Waals surface area contributed by atoms with Gasteiger partial charge in [0.15, 0.2) is 22.6 Å². The quantitative estimate of drug-likeness (QED) is 0.705. The standard InChI is InChI=1S/C15H7F3N2O3S/c16-8-3-7(4-9(17)12(8)18)13(21)20-15-19-10-5-6(14(22)23)1-2-11(10)24-15/h1-5H,(H,22,23)(H,19,20,21). The zero-order valence-electron chi connectivity index (χ0n) is 11.6. The normalized spacial score (nSPS) is 10.8. The van der Waals surface area contributed by atoms with E-state index in [4.69, 9.17) is 5.11 Å². The first-order valence-corrected chi connectivity index (χ1v) is 7.26. The molecule has 2 aromatic carbocycles. The maximum absolute atomic E-state index is 13.2. The summed E-state index contributed by atoms with van der Waals surface area (Å²) in [5.41, 5.74) is -0.0168. The largest absolute Gasteiger partial charge is 0.478 e. The molecule has 5 nitrogen and oxygen atoms in total. The predicted octanol–water partition coefficient (Wildman–Crippen LogP) is 3.66. The molecule has 0 radical (unpaired) electrons. The van der Waals surface area contributed by atoms with Gasteiger partial charge in [-0.2, -0.15) is 0 Å². The lowest BCUT2D eigenvalue weighted by atomic mass is 10.2. The Morgan fingerprint density at radius 3 is 2.33 bits per heavy atom. The van der Waals surface area contributed by atoms with E-state index in [1.807, 2.05) is 0 Å². The molecule has 0 aliphatic heterocycles. The smallest absolute Gasteiger partial charge is 0.335 e. The molecule has 1 aromatic heterocycles. The van der Waals surface area contributed by atoms with Crippen molar-refractivity contribution in [1.82, 2.24) is 4.98 Å². The van der Waals surface area contributed by atoms with Crippen LogP contribution < -0.4 is 5.32 Å². The number of hydrogen-bond acceptors (Lipinski definition) is 4. The monoisotopic (exact) mass is 352 g/mol. The van der Waals surface area contributed by atoms with Crippen LogP contribution in [0.1, 0.15) is 20.7 Å². The summed E-state index contributed by atoms with van der Waals surface area (Å²) in [6.07, 6.45) is 0. The number of aromatic carboxylic acids is 1. The van der Waals surface area contributed by atoms with Crippen LogP contribution in [0.3, 0.4) is 0 Å². The first-order valence-electron chi connectivity index (χ1n) is 6.45. The van der Waals surface area contributed by atoms with Crippen LogP contribution in [0.4, 0.5) is 18.3 Å². The third-order valence-corrected chi connectivity index (χ3v) is 4.05. The Balaban J connectivity index is 1.89. The van der Waals surface area contributed by atoms with Crippen molar-refractivity contribution >= 4 is 38.6 Å². The molecule has 1 heterocycles. The van der Waals surface area contributed by atoms with Crippen LogP contribution in [-0.2, 0) is 0 Å². The van der Waals surface area contributed by atoms with E-state index < -0.39 is 34.9 Å². The second-order valence-electron chi connectivity index (χ2n) is 4.71. The summed E-state index contributed by atoms with van der Waals surface area (Å²) >= 11 is 1.05. The van der Waals surface area contributed by atoms with Gasteiger partial charge < -0.3 is 5.11 Å². The van der Waals surface area contributed by atoms with Crippen LogP contribution >= 0.6 is 11.3 Å². The van der Waals surface area contributed by atoms with Crippen LogP contribution in [-0.4, -0.2) is 22.0 Å². The average Bonchev–Trinajstić information content (AvgIpc) is 2.93. The highest BCUT2D eigenvalue weighted by atomic mass is 32.1. The highest BCUT2D eigenvalue weighted by Gasteiger charge is 2.16. The Morgan fingerprint density at radius 2 is 1.71 bits per heavy atom. The Labute approximate surface area is 136 Å². The number of aromatic nitrogens is 1. The van der Waals surface area contributed by atoms with Crippen molar-refractivity contribution in [3.8, 4) is 0 Å². The summed E-state index contributed by atoms with van der Waals surface area (Å²) < 4.78 is 39.8. The highest BCUT2D eigenvalue weighted by molar-refractivity contribution is 7.22. The molecule has 0 fully saturated rings. The van der Waals surface area contributed by atoms with Crippen molar-refractivity contribution in [3.05, 3.63) is 58.9 Å². The van der Waals surface area contributed by atoms with Crippen LogP contribution in [0.2, 0.25) is 0 Å². The molecule has 0 aliphatic rings. The molecule has 1 amide bonds. The minimum Gasteiger partial charge on any atom is -0.478 e. The molecule has 3 aromatic rings. The minimum atomic E-state index is -1.66. The summed E-state index contributed by atoms with van der Waals surface area (Å²) in [6.45, 7) is 0. The fraction of sp³-hybridized carbons (Fsp3) is 0. The number of fused-ring (bicyclic) bond motifs is 1. The molecular weight excluding hydrogens is 345 g/mol. The van der Waals surface area contributed by atoms with Gasteiger partial charge in [0.25, 0.3) is 5.91 Å². The summed E-state index contributed by atoms with van der Waals surface area (Å²) in [4.78, 5) is 26.9. The zero-order valence-corrected chi connectivity index (χ0v) is 12.5. The minimum absolute atomic E-state index is 0.0355. The van der Waals surface area contributed by atoms with Gasteiger partial charge in [-0.1, -0.05) is 11.3 Å². The van der Waals surface area contributed by atoms with E-state index in [1.165, 1.54) is 18.2 Å². The van der Waals surface area contributed by atoms with Crippen molar-refractivity contribution in [2.45, 2.75) is 0 Å². The molecule has 0 saturated carbocycles. The number of carboxylic acid groups (broad SMARTS) is 1. The first kappa shape index (κ1) is 15.9. The van der Waals surface area contributed by atoms with E-state index in [0.29, 0.717) is 22.3 Å². The fourth-order valence-corrected chi connectivity index (χ4v) is 2.81. The Bertz CT molecular complexity index is 964. The predicted molar refractivity (Wildman–Crippen MR) is 80.8 cm³/mol. The molecule has 0 unspecified atom stereocenters. The van der Waals surface area contributed by atoms with Gasteiger partial charge in [-0.25, -0.2) is 22.9 Å². The van der Waals surface area contributed by atoms with Gasteiger partial charge in [0.05, 0.1) is 15.8 Å². The van der Waals surface area contributed by atoms with E-state index in [0.717, 1.165) is 11.3 Å². The summed E-state index contributed by atoms with van der Waals surface area (Å²) in [5, 5.41) is 11.4. The molecule has 2 N–H and O–H groups in total. The number of halogens is 3. The van der Waals surface area contributed by atoms with Crippen molar-refractivity contribution in [3.63, 3.8) is 0 Å². The number of carbonyl (C=O) groups is 2. The number of carbonyl (C=O) groups excluding carboxylic acids is 1. The van der Waals surface area contributed by atoms with E-state index in [2.05, 4.69) is 10.3 Å². The van der Waals surface area contributed by atoms with Gasteiger partial charge in [0, 0.05) is 5.56 Å². The Kier molecular flexibility index (Phi) is 3.94. The molecule has 9 heteroatoms. The number of carboxylic acids is 1. The van der Waals surface area contributed by atoms with E-state index in [-0.39, 0.29) is 10.7 Å². The second-order valence-corrected chi connectivity index (χ2v) is 5.75. The van der Waals surface area contributed by atoms with Gasteiger partial charge >= 0.3 is 5.97 Å². The molecule has 0 aliphatic carbocycles. The molecule has 0 saturated heterocycles. The first-order chi connectivity index (χ1) is 11.3. The summed E-state index contributed by atoms with van der Waals surface area (Å²) in [7, 11) is 0. The second kappa shape index (κ2) is 5.93. The maximum Gasteiger partial charge on any atom is 0.335 e. The molecule has 24 heavy (non-hydrogen) atoms. The number of nitrogens with one attached hydrogen (secondary N) is 1. The van der Waals surface area contributed by atoms with E-state index in [1.54, 1.807) is 0 Å². The summed E-state index contributed by atoms with van der Waals surface area (Å²) in [5.74, 6) is -6.60. The lowest BCUT2D eigenvalue weighted by Gasteiger charge is -2.03. The van der Waals surface area contributed by atoms with E-state index in [9.17, 15) is 22.8 Å². The summed E-state index contributed by atoms with van der Waals surface area (Å²) in [6, 6.07) is 5.40. The van der Waals surface area contributed by atoms with Gasteiger partial charge in [-0.3, -0.25) is 10.1 Å². The Hall–Kier alpha value is -2.94. The van der Waals surface area contributed by atoms with Crippen molar-refractivity contribution in [2.24, 2.45) is 0 Å². The Morgan fingerprint density at radius 1 is 1.04 bits per heavy atom. The third-order valence-electron chi connectivity index (χ3n) is 3.10. The molecule has 0 atom stereocenters. The number of nitrogens with zero attached hydrogens (tertiary/aromatic N) is 1. The van der Waals surface area contributed by atoms with E-state index >= 15 is 0 Å². The number of amides is 1. The molecule has 3 rings (SSSR count). The third kappa shape index (κ3) is 2.93. The number of anilines is 1. The van der Waals surface area contributed by atoms with Gasteiger partial charge in [-0.05, 0) is 30.3 Å². The van der Waals surface area contributed by atoms with Crippen LogP contribution in [0, 0.1) is 17.5 Å². The fourth-order valence-electron chi connectivity index (χ4n) is 1.97. The van der Waals surface area contributed by atoms with Crippen LogP contribution in [0.15, 0.2) is 30.3 Å². The SMILES string of the molecule is O=C(O)c1ccc2sc(NC(=O)c3cc(F)c(F)c(F)c3)nc2c1. The molecule has 0 bridgehead atoms. The van der Waals surface area contributed by atoms with Gasteiger partial charge in [0.2, 0.25) is 0 Å². The van der Waals surface area contributed by atoms with Crippen molar-refractivity contribution < 1.29 is 27.9 Å². The van der Waals surface area contributed by atoms with Crippen LogP contribution in [0.5, 0.6) is 0 Å². The lowest BCUT2D eigenvalue weighted by Crippen LogP contribution is -2.13. The number of hydrogen-bond donors (Lipinski definition) is 2. The van der Waals surface area contributed by atoms with Crippen LogP contribution in [0.25, 0.3) is 10.2 Å². The van der Waals surface area contributed by atoms with Gasteiger partial charge in [-0.15, -0.1) is 0 Å². The molecule has 122 valence electrons. The van der Waals surface area contributed by atoms with Crippen molar-refractivity contribution in [1.29, 1.82) is 0 Å². The van der Waals surface area contributed by atoms with Gasteiger partial charge in [0.1, 0.15) is 0 Å². The molecule has 0 spiro atoms. The average molecular weight is 352 g/mol. The molecular formula is C15H7F3N2O3S. The lowest BCUT2D eigenvalue weighted by molar-refractivity contribution is 0.0696. The highest BCUT2D eigenvalue weighted by Crippen LogP contribution is 2.27.